The molecule has 2 unspecified atom stereocenters. The monoisotopic (exact) mass is 286 g/mol. The lowest BCUT2D eigenvalue weighted by Crippen LogP contribution is -2.32. The van der Waals surface area contributed by atoms with Gasteiger partial charge in [-0.25, -0.2) is 4.98 Å². The first kappa shape index (κ1) is 17.1. The fourth-order valence-electron chi connectivity index (χ4n) is 1.59. The highest BCUT2D eigenvalue weighted by Crippen LogP contribution is 2.11. The Balaban J connectivity index is 2.09. The summed E-state index contributed by atoms with van der Waals surface area (Å²) in [7, 11) is 0. The van der Waals surface area contributed by atoms with E-state index in [1.807, 2.05) is 27.7 Å². The Labute approximate surface area is 120 Å². The van der Waals surface area contributed by atoms with Crippen LogP contribution >= 0.6 is 0 Å². The number of aliphatic hydroxyl groups is 1. The molecule has 1 aromatic heterocycles. The topological polar surface area (TPSA) is 76.8 Å². The molecular weight excluding hydrogens is 260 g/mol. The predicted octanol–water partition coefficient (Wildman–Crippen LogP) is 1.44. The molecular formula is C14H26N2O4. The van der Waals surface area contributed by atoms with E-state index >= 15 is 0 Å². The number of ether oxygens (including phenoxy) is 2. The molecule has 0 aliphatic rings. The summed E-state index contributed by atoms with van der Waals surface area (Å²) >= 11 is 0. The Morgan fingerprint density at radius 2 is 2.10 bits per heavy atom. The lowest BCUT2D eigenvalue weighted by atomic mass is 10.3. The largest absolute Gasteiger partial charge is 0.444 e. The van der Waals surface area contributed by atoms with E-state index in [1.54, 1.807) is 6.20 Å². The van der Waals surface area contributed by atoms with Gasteiger partial charge in [0.15, 0.2) is 0 Å². The molecule has 2 atom stereocenters. The Hall–Kier alpha value is -0.950. The molecule has 0 amide bonds. The number of hydrogen-bond acceptors (Lipinski definition) is 6. The highest BCUT2D eigenvalue weighted by molar-refractivity contribution is 4.94. The van der Waals surface area contributed by atoms with Crippen molar-refractivity contribution in [3.63, 3.8) is 0 Å². The maximum atomic E-state index is 9.78. The number of aryl methyl sites for hydroxylation is 1. The van der Waals surface area contributed by atoms with Gasteiger partial charge in [-0.05, 0) is 27.7 Å². The molecule has 6 heteroatoms. The first-order chi connectivity index (χ1) is 9.49. The van der Waals surface area contributed by atoms with Crippen LogP contribution in [-0.4, -0.2) is 48.7 Å². The molecule has 1 rings (SSSR count). The van der Waals surface area contributed by atoms with E-state index in [2.05, 4.69) is 10.3 Å². The number of rotatable bonds is 10. The van der Waals surface area contributed by atoms with Crippen LogP contribution in [-0.2, 0) is 9.47 Å². The van der Waals surface area contributed by atoms with E-state index in [0.29, 0.717) is 25.6 Å². The lowest BCUT2D eigenvalue weighted by Gasteiger charge is -2.15. The van der Waals surface area contributed by atoms with Gasteiger partial charge in [-0.1, -0.05) is 0 Å². The average molecular weight is 286 g/mol. The maximum Gasteiger partial charge on any atom is 0.211 e. The van der Waals surface area contributed by atoms with Crippen molar-refractivity contribution in [1.29, 1.82) is 0 Å². The van der Waals surface area contributed by atoms with Crippen LogP contribution in [0.5, 0.6) is 0 Å². The quantitative estimate of drug-likeness (QED) is 0.634. The second-order valence-corrected chi connectivity index (χ2v) is 5.09. The standard InChI is InChI=1S/C14H26N2O4/c1-10(2)19-6-5-18-9-13(17)8-15-12(4)14-16-7-11(3)20-14/h7,10,12-13,15,17H,5-6,8-9H2,1-4H3. The van der Waals surface area contributed by atoms with Crippen molar-refractivity contribution in [3.05, 3.63) is 17.8 Å². The van der Waals surface area contributed by atoms with Crippen LogP contribution in [0.25, 0.3) is 0 Å². The Morgan fingerprint density at radius 1 is 1.35 bits per heavy atom. The molecule has 0 saturated carbocycles. The summed E-state index contributed by atoms with van der Waals surface area (Å²) in [5.41, 5.74) is 0. The number of nitrogens with one attached hydrogen (secondary N) is 1. The lowest BCUT2D eigenvalue weighted by molar-refractivity contribution is -0.0105. The van der Waals surface area contributed by atoms with Crippen molar-refractivity contribution in [3.8, 4) is 0 Å². The van der Waals surface area contributed by atoms with Crippen molar-refractivity contribution < 1.29 is 19.0 Å². The van der Waals surface area contributed by atoms with Crippen molar-refractivity contribution in [2.45, 2.75) is 45.9 Å². The molecule has 116 valence electrons. The molecule has 0 radical (unpaired) electrons. The second kappa shape index (κ2) is 9.07. The minimum atomic E-state index is -0.562. The van der Waals surface area contributed by atoms with E-state index < -0.39 is 6.10 Å². The third kappa shape index (κ3) is 7.00. The zero-order chi connectivity index (χ0) is 15.0. The molecule has 6 nitrogen and oxygen atoms in total. The van der Waals surface area contributed by atoms with Crippen molar-refractivity contribution >= 4 is 0 Å². The van der Waals surface area contributed by atoms with Gasteiger partial charge in [-0.2, -0.15) is 0 Å². The third-order valence-electron chi connectivity index (χ3n) is 2.66. The number of aromatic nitrogens is 1. The molecule has 0 aliphatic carbocycles. The summed E-state index contributed by atoms with van der Waals surface area (Å²) in [5, 5.41) is 12.9. The van der Waals surface area contributed by atoms with Crippen LogP contribution in [0.4, 0.5) is 0 Å². The molecule has 0 saturated heterocycles. The van der Waals surface area contributed by atoms with E-state index in [1.165, 1.54) is 0 Å². The number of nitrogens with zero attached hydrogens (tertiary/aromatic N) is 1. The van der Waals surface area contributed by atoms with Gasteiger partial charge in [-0.3, -0.25) is 0 Å². The highest BCUT2D eigenvalue weighted by atomic mass is 16.5. The number of aliphatic hydroxyl groups excluding tert-OH is 1. The summed E-state index contributed by atoms with van der Waals surface area (Å²) in [4.78, 5) is 4.14. The van der Waals surface area contributed by atoms with Gasteiger partial charge < -0.3 is 24.3 Å². The summed E-state index contributed by atoms with van der Waals surface area (Å²) in [6, 6.07) is -0.0392. The van der Waals surface area contributed by atoms with Crippen LogP contribution in [0.2, 0.25) is 0 Å². The molecule has 0 bridgehead atoms. The zero-order valence-electron chi connectivity index (χ0n) is 12.8. The van der Waals surface area contributed by atoms with Gasteiger partial charge in [0.1, 0.15) is 5.76 Å². The van der Waals surface area contributed by atoms with Gasteiger partial charge >= 0.3 is 0 Å². The van der Waals surface area contributed by atoms with Gasteiger partial charge in [0.25, 0.3) is 0 Å². The Bertz CT molecular complexity index is 368. The highest BCUT2D eigenvalue weighted by Gasteiger charge is 2.13. The molecule has 1 aromatic rings. The van der Waals surface area contributed by atoms with E-state index in [-0.39, 0.29) is 18.8 Å². The van der Waals surface area contributed by atoms with Crippen LogP contribution in [0.1, 0.15) is 38.5 Å². The summed E-state index contributed by atoms with van der Waals surface area (Å²) < 4.78 is 16.1. The SMILES string of the molecule is Cc1cnc(C(C)NCC(O)COCCOC(C)C)o1. The van der Waals surface area contributed by atoms with Gasteiger partial charge in [0, 0.05) is 6.54 Å². The van der Waals surface area contributed by atoms with Crippen LogP contribution < -0.4 is 5.32 Å². The zero-order valence-corrected chi connectivity index (χ0v) is 12.8. The minimum Gasteiger partial charge on any atom is -0.444 e. The van der Waals surface area contributed by atoms with Crippen molar-refractivity contribution in [2.24, 2.45) is 0 Å². The molecule has 1 heterocycles. The first-order valence-corrected chi connectivity index (χ1v) is 7.02. The van der Waals surface area contributed by atoms with Gasteiger partial charge in [-0.15, -0.1) is 0 Å². The summed E-state index contributed by atoms with van der Waals surface area (Å²) in [6.45, 7) is 9.49. The van der Waals surface area contributed by atoms with Crippen LogP contribution in [0.15, 0.2) is 10.6 Å². The normalized spacial score (nSPS) is 14.7. The second-order valence-electron chi connectivity index (χ2n) is 5.09. The average Bonchev–Trinajstić information content (AvgIpc) is 2.82. The molecule has 2 N–H and O–H groups in total. The predicted molar refractivity (Wildman–Crippen MR) is 75.6 cm³/mol. The number of oxazole rings is 1. The Kier molecular flexibility index (Phi) is 7.76. The molecule has 0 aromatic carbocycles. The summed E-state index contributed by atoms with van der Waals surface area (Å²) in [6.07, 6.45) is 1.32. The van der Waals surface area contributed by atoms with E-state index in [9.17, 15) is 5.11 Å². The van der Waals surface area contributed by atoms with Gasteiger partial charge in [0.05, 0.1) is 44.3 Å². The Morgan fingerprint density at radius 3 is 2.70 bits per heavy atom. The minimum absolute atomic E-state index is 0.0392. The summed E-state index contributed by atoms with van der Waals surface area (Å²) in [5.74, 6) is 1.41. The van der Waals surface area contributed by atoms with Crippen molar-refractivity contribution in [1.82, 2.24) is 10.3 Å². The van der Waals surface area contributed by atoms with Crippen LogP contribution in [0.3, 0.4) is 0 Å². The molecule has 0 fully saturated rings. The van der Waals surface area contributed by atoms with Gasteiger partial charge in [0.2, 0.25) is 5.89 Å². The molecule has 0 aliphatic heterocycles. The fraction of sp³-hybridized carbons (Fsp3) is 0.786. The smallest absolute Gasteiger partial charge is 0.211 e. The van der Waals surface area contributed by atoms with Crippen molar-refractivity contribution in [2.75, 3.05) is 26.4 Å². The van der Waals surface area contributed by atoms with E-state index in [4.69, 9.17) is 13.9 Å². The third-order valence-corrected chi connectivity index (χ3v) is 2.66. The maximum absolute atomic E-state index is 9.78. The fourth-order valence-corrected chi connectivity index (χ4v) is 1.59. The van der Waals surface area contributed by atoms with E-state index in [0.717, 1.165) is 5.76 Å². The van der Waals surface area contributed by atoms with Crippen LogP contribution in [0, 0.1) is 6.92 Å². The molecule has 20 heavy (non-hydrogen) atoms. The molecule has 0 spiro atoms. The number of hydrogen-bond donors (Lipinski definition) is 2. The first-order valence-electron chi connectivity index (χ1n) is 7.02.